The van der Waals surface area contributed by atoms with E-state index >= 15 is 0 Å². The maximum absolute atomic E-state index is 12.8. The maximum Gasteiger partial charge on any atom is 0.269 e. The van der Waals surface area contributed by atoms with Crippen LogP contribution >= 0.6 is 0 Å². The highest BCUT2D eigenvalue weighted by molar-refractivity contribution is 5.96. The first-order valence-corrected chi connectivity index (χ1v) is 7.24. The van der Waals surface area contributed by atoms with Crippen molar-refractivity contribution < 1.29 is 18.8 Å². The Hall–Kier alpha value is -3.22. The molecule has 24 heavy (non-hydrogen) atoms. The molecule has 3 amide bonds. The average Bonchev–Trinajstić information content (AvgIpc) is 2.59. The van der Waals surface area contributed by atoms with Crippen molar-refractivity contribution in [3.8, 4) is 0 Å². The van der Waals surface area contributed by atoms with E-state index in [1.54, 1.807) is 24.3 Å². The molecule has 0 atom stereocenters. The molecule has 0 saturated carbocycles. The summed E-state index contributed by atoms with van der Waals surface area (Å²) in [7, 11) is 0. The fourth-order valence-corrected chi connectivity index (χ4v) is 1.83. The van der Waals surface area contributed by atoms with Gasteiger partial charge in [0.2, 0.25) is 11.8 Å². The summed E-state index contributed by atoms with van der Waals surface area (Å²) in [5, 5.41) is 2.65. The Morgan fingerprint density at radius 1 is 0.792 bits per heavy atom. The van der Waals surface area contributed by atoms with Gasteiger partial charge >= 0.3 is 0 Å². The molecule has 0 fully saturated rings. The molecule has 2 aromatic carbocycles. The van der Waals surface area contributed by atoms with Gasteiger partial charge in [0.1, 0.15) is 5.82 Å². The number of hydrogen-bond donors (Lipinski definition) is 3. The first-order chi connectivity index (χ1) is 11.5. The average molecular weight is 329 g/mol. The molecule has 2 rings (SSSR count). The Morgan fingerprint density at radius 3 is 2.08 bits per heavy atom. The van der Waals surface area contributed by atoms with Crippen molar-refractivity contribution in [2.24, 2.45) is 0 Å². The van der Waals surface area contributed by atoms with Gasteiger partial charge in [0.05, 0.1) is 0 Å². The van der Waals surface area contributed by atoms with Crippen LogP contribution in [-0.2, 0) is 9.59 Å². The standard InChI is InChI=1S/C17H16FN3O3/c18-13-8-6-12(7-9-13)17(24)21-20-16(23)11-10-15(22)19-14-4-2-1-3-5-14/h1-9H,10-11H2,(H,19,22)(H,20,23)(H,21,24). The van der Waals surface area contributed by atoms with Crippen molar-refractivity contribution in [1.82, 2.24) is 10.9 Å². The number of rotatable bonds is 5. The van der Waals surface area contributed by atoms with Gasteiger partial charge in [0.15, 0.2) is 0 Å². The second-order valence-electron chi connectivity index (χ2n) is 4.92. The molecule has 2 aromatic rings. The summed E-state index contributed by atoms with van der Waals surface area (Å²) >= 11 is 0. The third-order valence-corrected chi connectivity index (χ3v) is 3.06. The lowest BCUT2D eigenvalue weighted by atomic mass is 10.2. The summed E-state index contributed by atoms with van der Waals surface area (Å²) in [5.74, 6) is -1.84. The van der Waals surface area contributed by atoms with E-state index in [0.717, 1.165) is 12.1 Å². The Kier molecular flexibility index (Phi) is 6.01. The third kappa shape index (κ3) is 5.53. The molecule has 0 aliphatic carbocycles. The van der Waals surface area contributed by atoms with Gasteiger partial charge in [-0.1, -0.05) is 18.2 Å². The molecule has 124 valence electrons. The summed E-state index contributed by atoms with van der Waals surface area (Å²) in [6.07, 6.45) is -0.102. The molecule has 3 N–H and O–H groups in total. The minimum Gasteiger partial charge on any atom is -0.326 e. The van der Waals surface area contributed by atoms with Crippen LogP contribution in [0.3, 0.4) is 0 Å². The second-order valence-corrected chi connectivity index (χ2v) is 4.92. The quantitative estimate of drug-likeness (QED) is 0.733. The van der Waals surface area contributed by atoms with E-state index in [4.69, 9.17) is 0 Å². The Morgan fingerprint density at radius 2 is 1.42 bits per heavy atom. The molecule has 0 radical (unpaired) electrons. The molecule has 0 saturated heterocycles. The van der Waals surface area contributed by atoms with Gasteiger partial charge in [-0.25, -0.2) is 4.39 Å². The van der Waals surface area contributed by atoms with E-state index in [0.29, 0.717) is 5.69 Å². The van der Waals surface area contributed by atoms with E-state index < -0.39 is 17.6 Å². The van der Waals surface area contributed by atoms with Crippen LogP contribution in [0.25, 0.3) is 0 Å². The van der Waals surface area contributed by atoms with Gasteiger partial charge in [0.25, 0.3) is 5.91 Å². The van der Waals surface area contributed by atoms with Crippen LogP contribution < -0.4 is 16.2 Å². The monoisotopic (exact) mass is 329 g/mol. The van der Waals surface area contributed by atoms with Gasteiger partial charge in [-0.05, 0) is 36.4 Å². The predicted octanol–water partition coefficient (Wildman–Crippen LogP) is 2.01. The molecule has 0 aromatic heterocycles. The normalized spacial score (nSPS) is 9.88. The number of nitrogens with one attached hydrogen (secondary N) is 3. The number of hydrogen-bond acceptors (Lipinski definition) is 3. The topological polar surface area (TPSA) is 87.3 Å². The van der Waals surface area contributed by atoms with Crippen LogP contribution in [-0.4, -0.2) is 17.7 Å². The molecule has 6 nitrogen and oxygen atoms in total. The first kappa shape index (κ1) is 17.1. The molecule has 0 aliphatic heterocycles. The fourth-order valence-electron chi connectivity index (χ4n) is 1.83. The zero-order valence-corrected chi connectivity index (χ0v) is 12.7. The van der Waals surface area contributed by atoms with Crippen LogP contribution in [0, 0.1) is 5.82 Å². The van der Waals surface area contributed by atoms with Crippen molar-refractivity contribution in [2.45, 2.75) is 12.8 Å². The van der Waals surface area contributed by atoms with Gasteiger partial charge < -0.3 is 5.32 Å². The van der Waals surface area contributed by atoms with Crippen LogP contribution in [0.2, 0.25) is 0 Å². The fraction of sp³-hybridized carbons (Fsp3) is 0.118. The summed E-state index contributed by atoms with van der Waals surface area (Å²) in [6.45, 7) is 0. The smallest absolute Gasteiger partial charge is 0.269 e. The highest BCUT2D eigenvalue weighted by Crippen LogP contribution is 2.06. The van der Waals surface area contributed by atoms with Crippen LogP contribution in [0.1, 0.15) is 23.2 Å². The largest absolute Gasteiger partial charge is 0.326 e. The first-order valence-electron chi connectivity index (χ1n) is 7.24. The summed E-state index contributed by atoms with van der Waals surface area (Å²) in [5.41, 5.74) is 5.25. The lowest BCUT2D eigenvalue weighted by molar-refractivity contribution is -0.124. The van der Waals surface area contributed by atoms with Crippen molar-refractivity contribution in [2.75, 3.05) is 5.32 Å². The van der Waals surface area contributed by atoms with E-state index in [9.17, 15) is 18.8 Å². The van der Waals surface area contributed by atoms with Gasteiger partial charge in [-0.15, -0.1) is 0 Å². The van der Waals surface area contributed by atoms with Crippen molar-refractivity contribution in [3.05, 3.63) is 66.0 Å². The molecule has 0 heterocycles. The van der Waals surface area contributed by atoms with Crippen molar-refractivity contribution >= 4 is 23.4 Å². The summed E-state index contributed by atoms with van der Waals surface area (Å²) in [4.78, 5) is 35.0. The second kappa shape index (κ2) is 8.42. The Bertz CT molecular complexity index is 718. The number of carbonyl (C=O) groups is 3. The highest BCUT2D eigenvalue weighted by Gasteiger charge is 2.09. The van der Waals surface area contributed by atoms with Crippen molar-refractivity contribution in [1.29, 1.82) is 0 Å². The number of para-hydroxylation sites is 1. The number of carbonyl (C=O) groups excluding carboxylic acids is 3. The summed E-state index contributed by atoms with van der Waals surface area (Å²) in [6, 6.07) is 13.7. The SMILES string of the molecule is O=C(CCC(=O)Nc1ccccc1)NNC(=O)c1ccc(F)cc1. The van der Waals surface area contributed by atoms with Crippen LogP contribution in [0.4, 0.5) is 10.1 Å². The Balaban J connectivity index is 1.70. The van der Waals surface area contributed by atoms with Crippen LogP contribution in [0.15, 0.2) is 54.6 Å². The van der Waals surface area contributed by atoms with E-state index in [-0.39, 0.29) is 24.3 Å². The van der Waals surface area contributed by atoms with E-state index in [1.807, 2.05) is 6.07 Å². The maximum atomic E-state index is 12.8. The Labute approximate surface area is 138 Å². The third-order valence-electron chi connectivity index (χ3n) is 3.06. The highest BCUT2D eigenvalue weighted by atomic mass is 19.1. The van der Waals surface area contributed by atoms with Gasteiger partial charge in [-0.3, -0.25) is 25.2 Å². The van der Waals surface area contributed by atoms with Gasteiger partial charge in [-0.2, -0.15) is 0 Å². The van der Waals surface area contributed by atoms with Crippen LogP contribution in [0.5, 0.6) is 0 Å². The number of hydrazine groups is 1. The molecular formula is C17H16FN3O3. The lowest BCUT2D eigenvalue weighted by Crippen LogP contribution is -2.41. The number of halogens is 1. The zero-order chi connectivity index (χ0) is 17.4. The minimum atomic E-state index is -0.572. The summed E-state index contributed by atoms with van der Waals surface area (Å²) < 4.78 is 12.8. The molecule has 0 spiro atoms. The molecule has 0 bridgehead atoms. The lowest BCUT2D eigenvalue weighted by Gasteiger charge is -2.08. The van der Waals surface area contributed by atoms with E-state index in [1.165, 1.54) is 12.1 Å². The predicted molar refractivity (Wildman–Crippen MR) is 86.3 cm³/mol. The minimum absolute atomic E-state index is 0.0207. The number of amides is 3. The molecular weight excluding hydrogens is 313 g/mol. The van der Waals surface area contributed by atoms with E-state index in [2.05, 4.69) is 16.2 Å². The zero-order valence-electron chi connectivity index (χ0n) is 12.7. The number of anilines is 1. The van der Waals surface area contributed by atoms with Gasteiger partial charge in [0, 0.05) is 24.1 Å². The molecule has 0 aliphatic rings. The van der Waals surface area contributed by atoms with Crippen molar-refractivity contribution in [3.63, 3.8) is 0 Å². The molecule has 0 unspecified atom stereocenters. The number of benzene rings is 2. The molecule has 7 heteroatoms.